The summed E-state index contributed by atoms with van der Waals surface area (Å²) in [5.41, 5.74) is 5.45. The third-order valence-corrected chi connectivity index (χ3v) is 1.66. The van der Waals surface area contributed by atoms with Crippen molar-refractivity contribution < 1.29 is 0 Å². The molecule has 1 saturated heterocycles. The van der Waals surface area contributed by atoms with Crippen molar-refractivity contribution >= 4 is 0 Å². The van der Waals surface area contributed by atoms with E-state index in [1.54, 1.807) is 0 Å². The Hall–Kier alpha value is -0.120. The van der Waals surface area contributed by atoms with Crippen molar-refractivity contribution in [1.29, 1.82) is 0 Å². The van der Waals surface area contributed by atoms with Gasteiger partial charge in [0.15, 0.2) is 0 Å². The van der Waals surface area contributed by atoms with E-state index in [2.05, 4.69) is 17.3 Å². The summed E-state index contributed by atoms with van der Waals surface area (Å²) in [6, 6.07) is 0.392. The maximum absolute atomic E-state index is 5.45. The fourth-order valence-electron chi connectivity index (χ4n) is 1.07. The molecule has 1 fully saturated rings. The summed E-state index contributed by atoms with van der Waals surface area (Å²) in [7, 11) is 2.11. The second-order valence-electron chi connectivity index (χ2n) is 2.56. The van der Waals surface area contributed by atoms with Gasteiger partial charge in [0.05, 0.1) is 0 Å². The van der Waals surface area contributed by atoms with Gasteiger partial charge in [0.2, 0.25) is 0 Å². The smallest absolute Gasteiger partial charge is 0.0496 e. The Labute approximate surface area is 56.2 Å². The van der Waals surface area contributed by atoms with Crippen LogP contribution in [0.5, 0.6) is 0 Å². The van der Waals surface area contributed by atoms with Crippen molar-refractivity contribution in [2.45, 2.75) is 6.04 Å². The highest BCUT2D eigenvalue weighted by molar-refractivity contribution is 4.76. The van der Waals surface area contributed by atoms with Crippen molar-refractivity contribution in [2.24, 2.45) is 5.73 Å². The van der Waals surface area contributed by atoms with Crippen molar-refractivity contribution in [3.63, 3.8) is 0 Å². The Bertz CT molecular complexity index is 84.4. The van der Waals surface area contributed by atoms with Crippen LogP contribution in [0.4, 0.5) is 0 Å². The van der Waals surface area contributed by atoms with E-state index >= 15 is 0 Å². The Balaban J connectivity index is 2.23. The van der Waals surface area contributed by atoms with E-state index in [0.717, 1.165) is 19.6 Å². The lowest BCUT2D eigenvalue weighted by molar-refractivity contribution is 0.238. The lowest BCUT2D eigenvalue weighted by atomic mass is 10.2. The normalized spacial score (nSPS) is 30.7. The number of rotatable bonds is 1. The lowest BCUT2D eigenvalue weighted by Gasteiger charge is -2.28. The minimum Gasteiger partial charge on any atom is -0.329 e. The van der Waals surface area contributed by atoms with Crippen molar-refractivity contribution in [2.75, 3.05) is 33.2 Å². The number of nitrogens with two attached hydrogens (primary N) is 1. The van der Waals surface area contributed by atoms with Crippen molar-refractivity contribution in [3.8, 4) is 0 Å². The molecule has 0 spiro atoms. The maximum Gasteiger partial charge on any atom is 0.0496 e. The number of nitrogens with zero attached hydrogens (tertiary/aromatic N) is 2. The standard InChI is InChI=1S/C6H14N3/c1-9-3-2-8-6(4-7)5-9/h6H,2-5,7H2,1H3. The number of likely N-dealkylation sites (N-methyl/N-ethyl adjacent to an activating group) is 1. The Morgan fingerprint density at radius 1 is 1.78 bits per heavy atom. The predicted octanol–water partition coefficient (Wildman–Crippen LogP) is -1.14. The van der Waals surface area contributed by atoms with Crippen LogP contribution in [-0.4, -0.2) is 44.2 Å². The van der Waals surface area contributed by atoms with E-state index in [1.165, 1.54) is 0 Å². The predicted molar refractivity (Wildman–Crippen MR) is 37.3 cm³/mol. The fraction of sp³-hybridized carbons (Fsp3) is 1.00. The highest BCUT2D eigenvalue weighted by atomic mass is 15.2. The molecule has 0 aromatic heterocycles. The second-order valence-corrected chi connectivity index (χ2v) is 2.56. The summed E-state index contributed by atoms with van der Waals surface area (Å²) in [6.45, 7) is 3.79. The lowest BCUT2D eigenvalue weighted by Crippen LogP contribution is -2.48. The van der Waals surface area contributed by atoms with Crippen LogP contribution in [0, 0.1) is 0 Å². The fourth-order valence-corrected chi connectivity index (χ4v) is 1.07. The second kappa shape index (κ2) is 3.15. The topological polar surface area (TPSA) is 43.4 Å². The summed E-state index contributed by atoms with van der Waals surface area (Å²) >= 11 is 0. The molecule has 0 aromatic carbocycles. The largest absolute Gasteiger partial charge is 0.329 e. The first-order valence-corrected chi connectivity index (χ1v) is 3.38. The van der Waals surface area contributed by atoms with E-state index in [0.29, 0.717) is 12.6 Å². The van der Waals surface area contributed by atoms with Crippen LogP contribution < -0.4 is 11.1 Å². The van der Waals surface area contributed by atoms with Crippen LogP contribution >= 0.6 is 0 Å². The molecule has 1 rings (SSSR count). The minimum atomic E-state index is 0.392. The Morgan fingerprint density at radius 3 is 3.00 bits per heavy atom. The summed E-state index contributed by atoms with van der Waals surface area (Å²) in [5.74, 6) is 0. The highest BCUT2D eigenvalue weighted by Gasteiger charge is 2.14. The first-order chi connectivity index (χ1) is 4.33. The molecule has 1 aliphatic rings. The number of piperazine rings is 1. The van der Waals surface area contributed by atoms with Crippen LogP contribution in [0.3, 0.4) is 0 Å². The molecule has 0 amide bonds. The average Bonchev–Trinajstić information content (AvgIpc) is 1.88. The zero-order valence-corrected chi connectivity index (χ0v) is 5.88. The monoisotopic (exact) mass is 128 g/mol. The van der Waals surface area contributed by atoms with Crippen LogP contribution in [0.15, 0.2) is 0 Å². The molecule has 3 nitrogen and oxygen atoms in total. The molecule has 2 N–H and O–H groups in total. The molecule has 1 heterocycles. The van der Waals surface area contributed by atoms with Gasteiger partial charge in [-0.1, -0.05) is 0 Å². The van der Waals surface area contributed by atoms with Gasteiger partial charge in [-0.15, -0.1) is 0 Å². The molecule has 1 atom stereocenters. The molecule has 9 heavy (non-hydrogen) atoms. The molecule has 3 heteroatoms. The molecule has 1 radical (unpaired) electrons. The van der Waals surface area contributed by atoms with Gasteiger partial charge in [0.25, 0.3) is 0 Å². The summed E-state index contributed by atoms with van der Waals surface area (Å²) in [4.78, 5) is 2.27. The summed E-state index contributed by atoms with van der Waals surface area (Å²) in [6.07, 6.45) is 0. The van der Waals surface area contributed by atoms with Crippen LogP contribution in [0.2, 0.25) is 0 Å². The van der Waals surface area contributed by atoms with Gasteiger partial charge >= 0.3 is 0 Å². The van der Waals surface area contributed by atoms with Crippen molar-refractivity contribution in [1.82, 2.24) is 10.2 Å². The Morgan fingerprint density at radius 2 is 2.56 bits per heavy atom. The third-order valence-electron chi connectivity index (χ3n) is 1.66. The molecule has 1 unspecified atom stereocenters. The van der Waals surface area contributed by atoms with Gasteiger partial charge in [-0.2, -0.15) is 0 Å². The van der Waals surface area contributed by atoms with E-state index < -0.39 is 0 Å². The number of hydrogen-bond donors (Lipinski definition) is 1. The minimum absolute atomic E-state index is 0.392. The quantitative estimate of drug-likeness (QED) is 0.485. The first-order valence-electron chi connectivity index (χ1n) is 3.38. The van der Waals surface area contributed by atoms with E-state index in [1.807, 2.05) is 0 Å². The molecular formula is C6H14N3. The Kier molecular flexibility index (Phi) is 2.45. The van der Waals surface area contributed by atoms with Crippen LogP contribution in [0.25, 0.3) is 0 Å². The highest BCUT2D eigenvalue weighted by Crippen LogP contribution is 1.94. The molecular weight excluding hydrogens is 114 g/mol. The SMILES string of the molecule is CN1CC[N]C(CN)C1. The molecule has 0 aromatic rings. The van der Waals surface area contributed by atoms with E-state index in [9.17, 15) is 0 Å². The zero-order valence-electron chi connectivity index (χ0n) is 5.88. The van der Waals surface area contributed by atoms with Gasteiger partial charge in [-0.3, -0.25) is 0 Å². The number of hydrogen-bond acceptors (Lipinski definition) is 2. The van der Waals surface area contributed by atoms with Crippen LogP contribution in [0.1, 0.15) is 0 Å². The van der Waals surface area contributed by atoms with Gasteiger partial charge in [-0.25, -0.2) is 5.32 Å². The summed E-state index contributed by atoms with van der Waals surface area (Å²) < 4.78 is 0. The molecule has 53 valence electrons. The van der Waals surface area contributed by atoms with Gasteiger partial charge in [0, 0.05) is 32.2 Å². The van der Waals surface area contributed by atoms with Gasteiger partial charge in [0.1, 0.15) is 0 Å². The molecule has 0 aliphatic carbocycles. The van der Waals surface area contributed by atoms with Crippen molar-refractivity contribution in [3.05, 3.63) is 0 Å². The maximum atomic E-state index is 5.45. The molecule has 0 saturated carbocycles. The van der Waals surface area contributed by atoms with Gasteiger partial charge < -0.3 is 10.6 Å². The first kappa shape index (κ1) is 6.99. The molecule has 0 bridgehead atoms. The van der Waals surface area contributed by atoms with E-state index in [4.69, 9.17) is 5.73 Å². The summed E-state index contributed by atoms with van der Waals surface area (Å²) in [5, 5.41) is 4.33. The zero-order chi connectivity index (χ0) is 6.69. The van der Waals surface area contributed by atoms with Gasteiger partial charge in [-0.05, 0) is 7.05 Å². The molecule has 1 aliphatic heterocycles. The third kappa shape index (κ3) is 1.93. The van der Waals surface area contributed by atoms with Crippen LogP contribution in [-0.2, 0) is 0 Å². The average molecular weight is 128 g/mol. The van der Waals surface area contributed by atoms with E-state index in [-0.39, 0.29) is 0 Å².